The second-order valence-corrected chi connectivity index (χ2v) is 8.07. The number of carbonyl (C=O) groups is 1. The number of aromatic nitrogens is 2. The maximum atomic E-state index is 12.5. The van der Waals surface area contributed by atoms with Crippen LogP contribution >= 0.6 is 0 Å². The van der Waals surface area contributed by atoms with E-state index >= 15 is 0 Å². The van der Waals surface area contributed by atoms with E-state index in [0.717, 1.165) is 18.8 Å². The fraction of sp³-hybridized carbons (Fsp3) is 0.375. The Labute approximate surface area is 176 Å². The van der Waals surface area contributed by atoms with Crippen LogP contribution in [0.1, 0.15) is 38.2 Å². The van der Waals surface area contributed by atoms with Gasteiger partial charge in [0.15, 0.2) is 0 Å². The zero-order valence-electron chi connectivity index (χ0n) is 17.4. The number of amides is 1. The highest BCUT2D eigenvalue weighted by Crippen LogP contribution is 2.20. The first-order chi connectivity index (χ1) is 14.6. The maximum absolute atomic E-state index is 12.5. The molecule has 6 nitrogen and oxygen atoms in total. The topological polar surface area (TPSA) is 67.2 Å². The fourth-order valence-corrected chi connectivity index (χ4v) is 4.03. The molecule has 1 saturated heterocycles. The first kappa shape index (κ1) is 20.3. The van der Waals surface area contributed by atoms with Gasteiger partial charge in [-0.1, -0.05) is 30.7 Å². The molecule has 4 rings (SSSR count). The highest BCUT2D eigenvalue weighted by molar-refractivity contribution is 5.90. The zero-order chi connectivity index (χ0) is 20.9. The number of fused-ring (bicyclic) bond motifs is 1. The molecule has 2 heterocycles. The van der Waals surface area contributed by atoms with Gasteiger partial charge in [-0.05, 0) is 56.1 Å². The summed E-state index contributed by atoms with van der Waals surface area (Å²) < 4.78 is 1.49. The summed E-state index contributed by atoms with van der Waals surface area (Å²) in [4.78, 5) is 31.7. The fourth-order valence-electron chi connectivity index (χ4n) is 4.03. The Hall–Kier alpha value is -2.99. The van der Waals surface area contributed by atoms with E-state index < -0.39 is 0 Å². The van der Waals surface area contributed by atoms with Gasteiger partial charge in [-0.15, -0.1) is 0 Å². The Bertz CT molecular complexity index is 1070. The molecule has 0 spiro atoms. The highest BCUT2D eigenvalue weighted by Gasteiger charge is 2.18. The SMILES string of the molecule is CC1CCCCN1Cc1ccc(NC(=O)CCn2cnc3ccccc3c2=O)cc1. The smallest absolute Gasteiger partial charge is 0.261 e. The van der Waals surface area contributed by atoms with E-state index in [0.29, 0.717) is 23.5 Å². The van der Waals surface area contributed by atoms with Crippen molar-refractivity contribution in [2.75, 3.05) is 11.9 Å². The number of carbonyl (C=O) groups excluding carboxylic acids is 1. The van der Waals surface area contributed by atoms with E-state index in [-0.39, 0.29) is 17.9 Å². The van der Waals surface area contributed by atoms with E-state index in [2.05, 4.69) is 34.3 Å². The van der Waals surface area contributed by atoms with Crippen LogP contribution < -0.4 is 10.9 Å². The summed E-state index contributed by atoms with van der Waals surface area (Å²) >= 11 is 0. The number of piperidine rings is 1. The Morgan fingerprint density at radius 3 is 2.73 bits per heavy atom. The van der Waals surface area contributed by atoms with Gasteiger partial charge in [0.1, 0.15) is 0 Å². The molecule has 30 heavy (non-hydrogen) atoms. The lowest BCUT2D eigenvalue weighted by atomic mass is 10.0. The quantitative estimate of drug-likeness (QED) is 0.679. The zero-order valence-corrected chi connectivity index (χ0v) is 17.4. The van der Waals surface area contributed by atoms with E-state index in [1.807, 2.05) is 30.3 Å². The molecule has 0 aliphatic carbocycles. The molecule has 1 unspecified atom stereocenters. The molecule has 1 N–H and O–H groups in total. The van der Waals surface area contributed by atoms with Crippen molar-refractivity contribution in [1.82, 2.24) is 14.5 Å². The predicted molar refractivity (Wildman–Crippen MR) is 119 cm³/mol. The third-order valence-electron chi connectivity index (χ3n) is 5.88. The lowest BCUT2D eigenvalue weighted by Crippen LogP contribution is -2.36. The molecule has 1 fully saturated rings. The van der Waals surface area contributed by atoms with Crippen LogP contribution in [0.2, 0.25) is 0 Å². The molecule has 6 heteroatoms. The molecule has 1 aliphatic rings. The van der Waals surface area contributed by atoms with Crippen LogP contribution in [0.15, 0.2) is 59.7 Å². The average molecular weight is 405 g/mol. The largest absolute Gasteiger partial charge is 0.326 e. The minimum atomic E-state index is -0.121. The van der Waals surface area contributed by atoms with Crippen LogP contribution in [0.4, 0.5) is 5.69 Å². The van der Waals surface area contributed by atoms with Crippen LogP contribution in [0.3, 0.4) is 0 Å². The minimum Gasteiger partial charge on any atom is -0.326 e. The molecule has 1 aliphatic heterocycles. The summed E-state index contributed by atoms with van der Waals surface area (Å²) in [5.41, 5.74) is 2.59. The lowest BCUT2D eigenvalue weighted by molar-refractivity contribution is -0.116. The van der Waals surface area contributed by atoms with Gasteiger partial charge >= 0.3 is 0 Å². The number of nitrogens with one attached hydrogen (secondary N) is 1. The number of nitrogens with zero attached hydrogens (tertiary/aromatic N) is 3. The Morgan fingerprint density at radius 1 is 1.13 bits per heavy atom. The van der Waals surface area contributed by atoms with E-state index in [1.54, 1.807) is 6.07 Å². The van der Waals surface area contributed by atoms with Crippen molar-refractivity contribution in [1.29, 1.82) is 0 Å². The van der Waals surface area contributed by atoms with Gasteiger partial charge in [-0.2, -0.15) is 0 Å². The van der Waals surface area contributed by atoms with Gasteiger partial charge in [0, 0.05) is 31.2 Å². The van der Waals surface area contributed by atoms with Crippen LogP contribution in [0.5, 0.6) is 0 Å². The molecule has 0 radical (unpaired) electrons. The number of hydrogen-bond acceptors (Lipinski definition) is 4. The lowest BCUT2D eigenvalue weighted by Gasteiger charge is -2.33. The van der Waals surface area contributed by atoms with Gasteiger partial charge in [-0.25, -0.2) is 4.98 Å². The summed E-state index contributed by atoms with van der Waals surface area (Å²) in [6.07, 6.45) is 5.59. The van der Waals surface area contributed by atoms with Gasteiger partial charge in [0.25, 0.3) is 5.56 Å². The maximum Gasteiger partial charge on any atom is 0.261 e. The standard InChI is InChI=1S/C24H28N4O2/c1-18-6-4-5-14-27(18)16-19-9-11-20(12-10-19)26-23(29)13-15-28-17-25-22-8-3-2-7-21(22)24(28)30/h2-3,7-12,17-18H,4-6,13-16H2,1H3,(H,26,29). The number of benzene rings is 2. The highest BCUT2D eigenvalue weighted by atomic mass is 16.1. The van der Waals surface area contributed by atoms with Crippen molar-refractivity contribution in [3.8, 4) is 0 Å². The number of rotatable bonds is 6. The Kier molecular flexibility index (Phi) is 6.23. The monoisotopic (exact) mass is 404 g/mol. The molecular formula is C24H28N4O2. The molecule has 1 atom stereocenters. The van der Waals surface area contributed by atoms with Gasteiger partial charge < -0.3 is 5.32 Å². The van der Waals surface area contributed by atoms with E-state index in [9.17, 15) is 9.59 Å². The van der Waals surface area contributed by atoms with Gasteiger partial charge in [0.05, 0.1) is 17.2 Å². The summed E-state index contributed by atoms with van der Waals surface area (Å²) in [6, 6.07) is 15.9. The average Bonchev–Trinajstić information content (AvgIpc) is 2.76. The minimum absolute atomic E-state index is 0.118. The summed E-state index contributed by atoms with van der Waals surface area (Å²) in [6.45, 7) is 4.70. The summed E-state index contributed by atoms with van der Waals surface area (Å²) in [5, 5.41) is 3.49. The molecule has 2 aromatic carbocycles. The molecule has 3 aromatic rings. The van der Waals surface area contributed by atoms with Crippen LogP contribution in [-0.2, 0) is 17.9 Å². The van der Waals surface area contributed by atoms with Crippen molar-refractivity contribution < 1.29 is 4.79 Å². The normalized spacial score (nSPS) is 17.2. The molecular weight excluding hydrogens is 376 g/mol. The number of anilines is 1. The molecule has 0 saturated carbocycles. The van der Waals surface area contributed by atoms with Crippen molar-refractivity contribution >= 4 is 22.5 Å². The molecule has 1 amide bonds. The van der Waals surface area contributed by atoms with Crippen molar-refractivity contribution in [3.05, 3.63) is 70.8 Å². The van der Waals surface area contributed by atoms with Crippen molar-refractivity contribution in [2.45, 2.75) is 51.7 Å². The van der Waals surface area contributed by atoms with E-state index in [1.165, 1.54) is 35.7 Å². The van der Waals surface area contributed by atoms with Crippen molar-refractivity contribution in [2.24, 2.45) is 0 Å². The first-order valence-corrected chi connectivity index (χ1v) is 10.7. The Morgan fingerprint density at radius 2 is 1.93 bits per heavy atom. The van der Waals surface area contributed by atoms with Crippen LogP contribution in [-0.4, -0.2) is 32.9 Å². The van der Waals surface area contributed by atoms with E-state index in [4.69, 9.17) is 0 Å². The Balaban J connectivity index is 1.32. The third kappa shape index (κ3) is 4.76. The number of likely N-dealkylation sites (tertiary alicyclic amines) is 1. The number of aryl methyl sites for hydroxylation is 1. The van der Waals surface area contributed by atoms with Crippen LogP contribution in [0, 0.1) is 0 Å². The second kappa shape index (κ2) is 9.22. The van der Waals surface area contributed by atoms with Gasteiger partial charge in [0.2, 0.25) is 5.91 Å². The first-order valence-electron chi connectivity index (χ1n) is 10.7. The predicted octanol–water partition coefficient (Wildman–Crippen LogP) is 3.80. The number of para-hydroxylation sites is 1. The molecule has 1 aromatic heterocycles. The molecule has 0 bridgehead atoms. The van der Waals surface area contributed by atoms with Crippen LogP contribution in [0.25, 0.3) is 10.9 Å². The third-order valence-corrected chi connectivity index (χ3v) is 5.88. The summed E-state index contributed by atoms with van der Waals surface area (Å²) in [5.74, 6) is -0.118. The summed E-state index contributed by atoms with van der Waals surface area (Å²) in [7, 11) is 0. The molecule has 156 valence electrons. The second-order valence-electron chi connectivity index (χ2n) is 8.07. The number of hydrogen-bond donors (Lipinski definition) is 1. The van der Waals surface area contributed by atoms with Crippen molar-refractivity contribution in [3.63, 3.8) is 0 Å². The van der Waals surface area contributed by atoms with Gasteiger partial charge in [-0.3, -0.25) is 19.1 Å².